The quantitative estimate of drug-likeness (QED) is 0.495. The maximum Gasteiger partial charge on any atom is 0.321 e. The minimum atomic E-state index is -1.53. The summed E-state index contributed by atoms with van der Waals surface area (Å²) >= 11 is 0. The summed E-state index contributed by atoms with van der Waals surface area (Å²) < 4.78 is 5.80. The summed E-state index contributed by atoms with van der Waals surface area (Å²) in [4.78, 5) is 12.1. The molecule has 3 heterocycles. The Morgan fingerprint density at radius 1 is 1.29 bits per heavy atom. The number of hydrogen-bond acceptors (Lipinski definition) is 4. The summed E-state index contributed by atoms with van der Waals surface area (Å²) in [6.45, 7) is 0.617. The van der Waals surface area contributed by atoms with Crippen molar-refractivity contribution >= 4 is 14.1 Å². The molecular weight excluding hydrogens is 325 g/mol. The molecule has 1 aromatic rings. The SMILES string of the molecule is NCCCCCC1(C(=O)O)P2CCC(Cc3ccccc3)C1(O)O2. The second kappa shape index (κ2) is 7.09. The standard InChI is InChI=1S/C18H26NO4P/c19-11-6-2-5-10-17(16(20)21)18(22)15(9-12-24(17)23-18)13-14-7-3-1-4-8-14/h1,3-4,7-8,15,22H,2,5-6,9-13,19H2,(H,20,21). The van der Waals surface area contributed by atoms with Gasteiger partial charge in [-0.2, -0.15) is 0 Å². The summed E-state index contributed by atoms with van der Waals surface area (Å²) in [6.07, 6.45) is 5.28. The first-order valence-corrected chi connectivity index (χ1v) is 10.2. The molecule has 0 spiro atoms. The number of unbranched alkanes of at least 4 members (excludes halogenated alkanes) is 2. The van der Waals surface area contributed by atoms with E-state index < -0.39 is 25.1 Å². The molecule has 3 saturated heterocycles. The predicted octanol–water partition coefficient (Wildman–Crippen LogP) is 2.71. The Morgan fingerprint density at radius 3 is 2.71 bits per heavy atom. The number of carbonyl (C=O) groups is 1. The molecule has 4 atom stereocenters. The van der Waals surface area contributed by atoms with Crippen molar-refractivity contribution < 1.29 is 19.5 Å². The lowest BCUT2D eigenvalue weighted by Crippen LogP contribution is -2.73. The van der Waals surface area contributed by atoms with Crippen LogP contribution < -0.4 is 5.73 Å². The number of aliphatic hydroxyl groups is 1. The molecule has 132 valence electrons. The van der Waals surface area contributed by atoms with Crippen LogP contribution in [0.4, 0.5) is 0 Å². The lowest BCUT2D eigenvalue weighted by molar-refractivity contribution is -0.250. The average molecular weight is 351 g/mol. The molecule has 0 aliphatic carbocycles. The van der Waals surface area contributed by atoms with E-state index in [1.165, 1.54) is 0 Å². The highest BCUT2D eigenvalue weighted by atomic mass is 31.1. The van der Waals surface area contributed by atoms with Crippen molar-refractivity contribution in [2.45, 2.75) is 49.5 Å². The van der Waals surface area contributed by atoms with E-state index in [-0.39, 0.29) is 5.92 Å². The van der Waals surface area contributed by atoms with Crippen LogP contribution in [0.1, 0.15) is 37.7 Å². The molecule has 4 rings (SSSR count). The summed E-state index contributed by atoms with van der Waals surface area (Å²) in [5.74, 6) is -2.59. The van der Waals surface area contributed by atoms with Crippen LogP contribution in [0, 0.1) is 5.92 Å². The topological polar surface area (TPSA) is 92.8 Å². The van der Waals surface area contributed by atoms with Gasteiger partial charge in [0.05, 0.1) is 8.15 Å². The third-order valence-electron chi connectivity index (χ3n) is 5.42. The van der Waals surface area contributed by atoms with E-state index >= 15 is 0 Å². The van der Waals surface area contributed by atoms with Crippen LogP contribution in [0.2, 0.25) is 0 Å². The van der Waals surface area contributed by atoms with Crippen LogP contribution in [0.15, 0.2) is 30.3 Å². The van der Waals surface area contributed by atoms with Crippen molar-refractivity contribution in [3.05, 3.63) is 35.9 Å². The molecule has 3 aliphatic heterocycles. The molecule has 4 unspecified atom stereocenters. The minimum Gasteiger partial charge on any atom is -0.480 e. The normalized spacial score (nSPS) is 34.6. The molecule has 2 bridgehead atoms. The third kappa shape index (κ3) is 2.78. The Morgan fingerprint density at radius 2 is 2.04 bits per heavy atom. The molecule has 0 amide bonds. The summed E-state index contributed by atoms with van der Waals surface area (Å²) in [7, 11) is -1.09. The van der Waals surface area contributed by atoms with Gasteiger partial charge in [0.2, 0.25) is 0 Å². The van der Waals surface area contributed by atoms with Crippen molar-refractivity contribution in [3.8, 4) is 0 Å². The number of aliphatic carboxylic acids is 1. The van der Waals surface area contributed by atoms with Crippen molar-refractivity contribution in [2.75, 3.05) is 12.7 Å². The van der Waals surface area contributed by atoms with E-state index in [2.05, 4.69) is 0 Å². The molecule has 4 N–H and O–H groups in total. The number of hydrogen-bond donors (Lipinski definition) is 3. The maximum absolute atomic E-state index is 12.1. The third-order valence-corrected chi connectivity index (χ3v) is 8.17. The molecule has 24 heavy (non-hydrogen) atoms. The van der Waals surface area contributed by atoms with Crippen LogP contribution >= 0.6 is 8.15 Å². The highest BCUT2D eigenvalue weighted by Gasteiger charge is 2.76. The number of carboxylic acids is 1. The fourth-order valence-electron chi connectivity index (χ4n) is 4.09. The fraction of sp³-hybridized carbons (Fsp3) is 0.611. The van der Waals surface area contributed by atoms with Crippen molar-refractivity contribution in [1.82, 2.24) is 0 Å². The summed E-state index contributed by atoms with van der Waals surface area (Å²) in [5.41, 5.74) is 6.64. The largest absolute Gasteiger partial charge is 0.480 e. The molecule has 5 nitrogen and oxygen atoms in total. The van der Waals surface area contributed by atoms with Gasteiger partial charge in [-0.05, 0) is 44.0 Å². The number of rotatable bonds is 8. The highest BCUT2D eigenvalue weighted by molar-refractivity contribution is 7.57. The van der Waals surface area contributed by atoms with Gasteiger partial charge >= 0.3 is 5.97 Å². The average Bonchev–Trinajstić information content (AvgIpc) is 2.57. The highest BCUT2D eigenvalue weighted by Crippen LogP contribution is 2.76. The van der Waals surface area contributed by atoms with Gasteiger partial charge in [-0.15, -0.1) is 0 Å². The zero-order valence-electron chi connectivity index (χ0n) is 13.9. The Labute approximate surface area is 144 Å². The lowest BCUT2D eigenvalue weighted by atomic mass is 9.77. The minimum absolute atomic E-state index is 0.169. The Kier molecular flexibility index (Phi) is 5.26. The van der Waals surface area contributed by atoms with E-state index in [9.17, 15) is 15.0 Å². The van der Waals surface area contributed by atoms with Crippen molar-refractivity contribution in [1.29, 1.82) is 0 Å². The second-order valence-electron chi connectivity index (χ2n) is 6.83. The van der Waals surface area contributed by atoms with E-state index in [1.807, 2.05) is 30.3 Å². The molecule has 3 fully saturated rings. The van der Waals surface area contributed by atoms with E-state index in [0.29, 0.717) is 19.4 Å². The van der Waals surface area contributed by atoms with Gasteiger partial charge in [-0.25, -0.2) is 0 Å². The van der Waals surface area contributed by atoms with Gasteiger partial charge in [-0.1, -0.05) is 43.2 Å². The number of fused-ring (bicyclic) bond motifs is 2. The van der Waals surface area contributed by atoms with Gasteiger partial charge in [-0.3, -0.25) is 4.79 Å². The van der Waals surface area contributed by atoms with Crippen LogP contribution in [-0.2, 0) is 15.7 Å². The van der Waals surface area contributed by atoms with E-state index in [4.69, 9.17) is 10.3 Å². The smallest absolute Gasteiger partial charge is 0.321 e. The first kappa shape index (κ1) is 17.8. The van der Waals surface area contributed by atoms with Crippen molar-refractivity contribution in [2.24, 2.45) is 11.7 Å². The van der Waals surface area contributed by atoms with E-state index in [0.717, 1.165) is 37.4 Å². The molecule has 0 radical (unpaired) electrons. The number of carboxylic acid groups (broad SMARTS) is 1. The van der Waals surface area contributed by atoms with Gasteiger partial charge in [0.15, 0.2) is 10.9 Å². The van der Waals surface area contributed by atoms with Crippen LogP contribution in [0.3, 0.4) is 0 Å². The van der Waals surface area contributed by atoms with Crippen LogP contribution in [0.5, 0.6) is 0 Å². The zero-order valence-corrected chi connectivity index (χ0v) is 14.8. The van der Waals surface area contributed by atoms with Gasteiger partial charge in [0.1, 0.15) is 0 Å². The zero-order chi connectivity index (χ0) is 17.2. The molecule has 6 heteroatoms. The Balaban J connectivity index is 1.78. The van der Waals surface area contributed by atoms with Gasteiger partial charge in [0.25, 0.3) is 0 Å². The van der Waals surface area contributed by atoms with Crippen LogP contribution in [-0.4, -0.2) is 39.8 Å². The monoisotopic (exact) mass is 351 g/mol. The molecule has 0 saturated carbocycles. The first-order valence-electron chi connectivity index (χ1n) is 8.71. The number of nitrogens with two attached hydrogens (primary N) is 1. The molecule has 1 aromatic carbocycles. The Bertz CT molecular complexity index is 584. The van der Waals surface area contributed by atoms with Gasteiger partial charge < -0.3 is 20.5 Å². The summed E-state index contributed by atoms with van der Waals surface area (Å²) in [6, 6.07) is 9.92. The molecule has 0 aromatic heterocycles. The van der Waals surface area contributed by atoms with Crippen LogP contribution in [0.25, 0.3) is 0 Å². The maximum atomic E-state index is 12.1. The second-order valence-corrected chi connectivity index (χ2v) is 8.98. The predicted molar refractivity (Wildman–Crippen MR) is 94.0 cm³/mol. The number of benzene rings is 1. The first-order chi connectivity index (χ1) is 11.5. The lowest BCUT2D eigenvalue weighted by Gasteiger charge is -2.64. The molecule has 3 aliphatic rings. The Hall–Kier alpha value is -1.00. The van der Waals surface area contributed by atoms with E-state index in [1.54, 1.807) is 0 Å². The van der Waals surface area contributed by atoms with Gasteiger partial charge in [0, 0.05) is 5.92 Å². The summed E-state index contributed by atoms with van der Waals surface area (Å²) in [5, 5.41) is 20.0. The molecular formula is C18H26NO4P. The fourth-order valence-corrected chi connectivity index (χ4v) is 6.98. The van der Waals surface area contributed by atoms with Crippen molar-refractivity contribution in [3.63, 3.8) is 0 Å².